The summed E-state index contributed by atoms with van der Waals surface area (Å²) in [6, 6.07) is 8.31. The summed E-state index contributed by atoms with van der Waals surface area (Å²) in [6.07, 6.45) is 5.14. The number of ether oxygens (including phenoxy) is 2. The second kappa shape index (κ2) is 14.1. The maximum Gasteiger partial charge on any atom is 0.229 e. The number of aliphatic imine (C=N–C) groups is 1. The molecule has 0 amide bonds. The Balaban J connectivity index is 1.74. The van der Waals surface area contributed by atoms with Gasteiger partial charge in [0.2, 0.25) is 5.95 Å². The quantitative estimate of drug-likeness (QED) is 0.185. The standard InChI is InChI=1S/C30H39BrN7O2P/c1-7-33-17-21(16-32)22-14-25(27(39-4)15-26(22)38-10-12-40-13-11-38)36-30-34-18-23(31)29(37-30)35-24-9-8-19(2)20(3)28(24)41(5)6/h8-9,14-18H,7,10-13,32H2,1-6H3,(H2,34,35,36,37). The first kappa shape index (κ1) is 30.8. The van der Waals surface area contributed by atoms with Crippen molar-refractivity contribution in [1.29, 1.82) is 0 Å². The third kappa shape index (κ3) is 7.18. The van der Waals surface area contributed by atoms with Crippen molar-refractivity contribution in [2.45, 2.75) is 20.8 Å². The van der Waals surface area contributed by atoms with Crippen LogP contribution in [0.4, 0.5) is 28.8 Å². The van der Waals surface area contributed by atoms with Crippen LogP contribution in [0.1, 0.15) is 23.6 Å². The number of nitrogens with zero attached hydrogens (tertiary/aromatic N) is 4. The Kier molecular flexibility index (Phi) is 10.6. The van der Waals surface area contributed by atoms with E-state index >= 15 is 0 Å². The minimum absolute atomic E-state index is 0.330. The molecule has 9 nitrogen and oxygen atoms in total. The van der Waals surface area contributed by atoms with Crippen molar-refractivity contribution >= 4 is 69.8 Å². The number of anilines is 5. The zero-order chi connectivity index (χ0) is 29.5. The maximum atomic E-state index is 6.10. The molecular formula is C30H39BrN7O2P. The number of methoxy groups -OCH3 is 1. The summed E-state index contributed by atoms with van der Waals surface area (Å²) < 4.78 is 12.2. The molecule has 2 heterocycles. The Morgan fingerprint density at radius 3 is 2.61 bits per heavy atom. The molecule has 1 fully saturated rings. The van der Waals surface area contributed by atoms with Gasteiger partial charge in [-0.05, 0) is 73.3 Å². The number of benzene rings is 2. The van der Waals surface area contributed by atoms with Crippen LogP contribution in [0.25, 0.3) is 5.57 Å². The van der Waals surface area contributed by atoms with Crippen LogP contribution in [0, 0.1) is 13.8 Å². The number of aryl methyl sites for hydroxylation is 1. The number of aromatic nitrogens is 2. The third-order valence-electron chi connectivity index (χ3n) is 6.97. The van der Waals surface area contributed by atoms with Crippen LogP contribution >= 0.6 is 23.9 Å². The fraction of sp³-hybridized carbons (Fsp3) is 0.367. The summed E-state index contributed by atoms with van der Waals surface area (Å²) in [5.74, 6) is 1.77. The van der Waals surface area contributed by atoms with Gasteiger partial charge in [-0.3, -0.25) is 4.99 Å². The van der Waals surface area contributed by atoms with Gasteiger partial charge in [0.1, 0.15) is 11.6 Å². The van der Waals surface area contributed by atoms with E-state index in [4.69, 9.17) is 20.2 Å². The predicted molar refractivity (Wildman–Crippen MR) is 178 cm³/mol. The largest absolute Gasteiger partial charge is 0.494 e. The molecule has 4 rings (SSSR count). The van der Waals surface area contributed by atoms with Crippen molar-refractivity contribution in [2.75, 3.05) is 68.8 Å². The van der Waals surface area contributed by atoms with Crippen molar-refractivity contribution in [1.82, 2.24) is 9.97 Å². The molecule has 0 saturated carbocycles. The molecule has 1 aromatic heterocycles. The average Bonchev–Trinajstić information content (AvgIpc) is 2.97. The van der Waals surface area contributed by atoms with Crippen molar-refractivity contribution in [3.8, 4) is 5.75 Å². The van der Waals surface area contributed by atoms with Crippen molar-refractivity contribution in [3.05, 3.63) is 57.8 Å². The van der Waals surface area contributed by atoms with Gasteiger partial charge in [-0.15, -0.1) is 0 Å². The molecule has 0 atom stereocenters. The van der Waals surface area contributed by atoms with Gasteiger partial charge in [-0.1, -0.05) is 14.0 Å². The number of halogens is 1. The summed E-state index contributed by atoms with van der Waals surface area (Å²) in [6.45, 7) is 14.4. The molecule has 0 radical (unpaired) electrons. The van der Waals surface area contributed by atoms with E-state index in [-0.39, 0.29) is 7.92 Å². The number of nitrogens with two attached hydrogens (primary N) is 1. The van der Waals surface area contributed by atoms with E-state index in [0.717, 1.165) is 45.8 Å². The summed E-state index contributed by atoms with van der Waals surface area (Å²) in [5.41, 5.74) is 13.2. The maximum absolute atomic E-state index is 6.10. The smallest absolute Gasteiger partial charge is 0.229 e. The van der Waals surface area contributed by atoms with E-state index < -0.39 is 0 Å². The van der Waals surface area contributed by atoms with Gasteiger partial charge in [-0.25, -0.2) is 4.98 Å². The summed E-state index contributed by atoms with van der Waals surface area (Å²) in [4.78, 5) is 16.1. The number of allylic oxidation sites excluding steroid dienone is 1. The predicted octanol–water partition coefficient (Wildman–Crippen LogP) is 5.95. The monoisotopic (exact) mass is 639 g/mol. The Labute approximate surface area is 252 Å². The van der Waals surface area contributed by atoms with Crippen LogP contribution in [0.15, 0.2) is 46.1 Å². The lowest BCUT2D eigenvalue weighted by molar-refractivity contribution is 0.122. The highest BCUT2D eigenvalue weighted by Gasteiger charge is 2.21. The topological polar surface area (TPSA) is 110 Å². The second-order valence-corrected chi connectivity index (χ2v) is 12.9. The minimum atomic E-state index is -0.330. The lowest BCUT2D eigenvalue weighted by Crippen LogP contribution is -2.36. The van der Waals surface area contributed by atoms with Crippen molar-refractivity contribution in [2.24, 2.45) is 10.7 Å². The average molecular weight is 641 g/mol. The van der Waals surface area contributed by atoms with Crippen LogP contribution in [-0.2, 0) is 4.74 Å². The van der Waals surface area contributed by atoms with E-state index in [2.05, 4.69) is 80.7 Å². The Bertz CT molecular complexity index is 1440. The molecule has 2 aromatic carbocycles. The molecule has 3 aromatic rings. The molecule has 1 aliphatic rings. The Morgan fingerprint density at radius 2 is 1.95 bits per heavy atom. The third-order valence-corrected chi connectivity index (χ3v) is 9.02. The van der Waals surface area contributed by atoms with Gasteiger partial charge in [0.15, 0.2) is 0 Å². The summed E-state index contributed by atoms with van der Waals surface area (Å²) in [7, 11) is 1.33. The first-order chi connectivity index (χ1) is 19.8. The molecule has 0 unspecified atom stereocenters. The number of nitrogens with one attached hydrogen (secondary N) is 2. The van der Waals surface area contributed by atoms with Crippen LogP contribution in [-0.4, -0.2) is 69.5 Å². The Hall–Kier alpha value is -3.20. The van der Waals surface area contributed by atoms with Gasteiger partial charge in [0.05, 0.1) is 30.5 Å². The Morgan fingerprint density at radius 1 is 1.20 bits per heavy atom. The number of hydrogen-bond acceptors (Lipinski definition) is 9. The van der Waals surface area contributed by atoms with E-state index in [9.17, 15) is 0 Å². The van der Waals surface area contributed by atoms with Gasteiger partial charge in [0.25, 0.3) is 0 Å². The molecule has 1 aliphatic heterocycles. The molecule has 0 spiro atoms. The molecular weight excluding hydrogens is 601 g/mol. The van der Waals surface area contributed by atoms with Gasteiger partial charge < -0.3 is 30.7 Å². The van der Waals surface area contributed by atoms with Crippen molar-refractivity contribution in [3.63, 3.8) is 0 Å². The highest BCUT2D eigenvalue weighted by Crippen LogP contribution is 2.39. The van der Waals surface area contributed by atoms with Gasteiger partial charge >= 0.3 is 0 Å². The first-order valence-corrected chi connectivity index (χ1v) is 16.6. The molecule has 218 valence electrons. The zero-order valence-corrected chi connectivity index (χ0v) is 27.1. The van der Waals surface area contributed by atoms with Crippen molar-refractivity contribution < 1.29 is 9.47 Å². The lowest BCUT2D eigenvalue weighted by atomic mass is 10.0. The number of rotatable bonds is 10. The van der Waals surface area contributed by atoms with E-state index in [1.807, 2.05) is 25.3 Å². The number of morpholine rings is 1. The molecule has 0 aliphatic carbocycles. The summed E-state index contributed by atoms with van der Waals surface area (Å²) in [5, 5.41) is 8.26. The second-order valence-electron chi connectivity index (χ2n) is 9.86. The van der Waals surface area contributed by atoms with E-state index in [0.29, 0.717) is 37.3 Å². The molecule has 11 heteroatoms. The van der Waals surface area contributed by atoms with Crippen LogP contribution in [0.2, 0.25) is 0 Å². The fourth-order valence-corrected chi connectivity index (χ4v) is 6.52. The highest BCUT2D eigenvalue weighted by molar-refractivity contribution is 9.10. The fourth-order valence-electron chi connectivity index (χ4n) is 4.77. The van der Waals surface area contributed by atoms with E-state index in [1.165, 1.54) is 16.4 Å². The van der Waals surface area contributed by atoms with Crippen LogP contribution in [0.5, 0.6) is 5.75 Å². The SMILES string of the molecule is CCN=CC(=CN)c1cc(Nc2ncc(Br)c(Nc3ccc(C)c(C)c3P(C)C)n2)c(OC)cc1N1CCOCC1. The normalized spacial score (nSPS) is 14.1. The molecule has 4 N–H and O–H groups in total. The lowest BCUT2D eigenvalue weighted by Gasteiger charge is -2.31. The first-order valence-electron chi connectivity index (χ1n) is 13.6. The number of hydrogen-bond donors (Lipinski definition) is 3. The zero-order valence-electron chi connectivity index (χ0n) is 24.6. The molecule has 41 heavy (non-hydrogen) atoms. The molecule has 0 bridgehead atoms. The minimum Gasteiger partial charge on any atom is -0.494 e. The highest BCUT2D eigenvalue weighted by atomic mass is 79.9. The molecule has 1 saturated heterocycles. The van der Waals surface area contributed by atoms with E-state index in [1.54, 1.807) is 19.5 Å². The van der Waals surface area contributed by atoms with Crippen LogP contribution in [0.3, 0.4) is 0 Å². The van der Waals surface area contributed by atoms with Crippen LogP contribution < -0.4 is 31.3 Å². The van der Waals surface area contributed by atoms with Gasteiger partial charge in [0, 0.05) is 72.1 Å². The summed E-state index contributed by atoms with van der Waals surface area (Å²) >= 11 is 3.63. The van der Waals surface area contributed by atoms with Gasteiger partial charge in [-0.2, -0.15) is 4.98 Å².